The number of nitrogens with one attached hydrogen (secondary N) is 2. The van der Waals surface area contributed by atoms with Gasteiger partial charge in [0.15, 0.2) is 0 Å². The maximum Gasteiger partial charge on any atom is 0.269 e. The van der Waals surface area contributed by atoms with E-state index < -0.39 is 0 Å². The van der Waals surface area contributed by atoms with Crippen LogP contribution in [0.4, 0.5) is 0 Å². The van der Waals surface area contributed by atoms with Crippen LogP contribution in [0.5, 0.6) is 0 Å². The Kier molecular flexibility index (Phi) is 5.84. The van der Waals surface area contributed by atoms with Crippen molar-refractivity contribution in [2.75, 3.05) is 5.75 Å². The van der Waals surface area contributed by atoms with Crippen LogP contribution in [0.2, 0.25) is 0 Å². The number of carbonyl (C=O) groups excluding carboxylic acids is 2. The first-order valence-corrected chi connectivity index (χ1v) is 7.67. The molecule has 0 radical (unpaired) electrons. The lowest BCUT2D eigenvalue weighted by molar-refractivity contribution is -0.119. The van der Waals surface area contributed by atoms with E-state index >= 15 is 0 Å². The van der Waals surface area contributed by atoms with Crippen molar-refractivity contribution in [3.63, 3.8) is 0 Å². The number of carbonyl (C=O) groups is 2. The summed E-state index contributed by atoms with van der Waals surface area (Å²) in [6.45, 7) is 0. The Morgan fingerprint density at radius 3 is 2.14 bits per heavy atom. The van der Waals surface area contributed by atoms with Crippen molar-refractivity contribution in [1.29, 1.82) is 0 Å². The first-order chi connectivity index (χ1) is 10.3. The van der Waals surface area contributed by atoms with Crippen LogP contribution >= 0.6 is 11.8 Å². The fraction of sp³-hybridized carbons (Fsp3) is 0.125. The van der Waals surface area contributed by atoms with Crippen molar-refractivity contribution in [1.82, 2.24) is 10.9 Å². The van der Waals surface area contributed by atoms with Crippen LogP contribution in [0.15, 0.2) is 60.7 Å². The summed E-state index contributed by atoms with van der Waals surface area (Å²) in [5.74, 6) is 0.516. The minimum absolute atomic E-state index is 0.222. The second-order valence-electron chi connectivity index (χ2n) is 4.35. The summed E-state index contributed by atoms with van der Waals surface area (Å²) in [4.78, 5) is 23.3. The average Bonchev–Trinajstić information content (AvgIpc) is 2.54. The van der Waals surface area contributed by atoms with Gasteiger partial charge in [0.1, 0.15) is 0 Å². The van der Waals surface area contributed by atoms with Gasteiger partial charge in [-0.25, -0.2) is 0 Å². The summed E-state index contributed by atoms with van der Waals surface area (Å²) in [6.07, 6.45) is 0. The SMILES string of the molecule is O=C(CSCc1ccccc1)NNC(=O)c1ccccc1. The molecular weight excluding hydrogens is 284 g/mol. The molecule has 0 saturated carbocycles. The molecule has 4 nitrogen and oxygen atoms in total. The van der Waals surface area contributed by atoms with Crippen LogP contribution in [0.3, 0.4) is 0 Å². The number of rotatable bonds is 5. The molecule has 2 rings (SSSR count). The molecule has 0 aliphatic heterocycles. The zero-order valence-electron chi connectivity index (χ0n) is 11.4. The van der Waals surface area contributed by atoms with Gasteiger partial charge in [-0.15, -0.1) is 11.8 Å². The molecule has 0 fully saturated rings. The molecule has 2 amide bonds. The van der Waals surface area contributed by atoms with Gasteiger partial charge in [-0.05, 0) is 17.7 Å². The van der Waals surface area contributed by atoms with E-state index in [1.165, 1.54) is 17.3 Å². The van der Waals surface area contributed by atoms with Crippen molar-refractivity contribution in [3.05, 3.63) is 71.8 Å². The van der Waals surface area contributed by atoms with E-state index in [0.29, 0.717) is 11.3 Å². The van der Waals surface area contributed by atoms with E-state index in [1.54, 1.807) is 24.3 Å². The Morgan fingerprint density at radius 1 is 0.857 bits per heavy atom. The molecule has 0 bridgehead atoms. The predicted octanol–water partition coefficient (Wildman–Crippen LogP) is 2.38. The second kappa shape index (κ2) is 8.11. The lowest BCUT2D eigenvalue weighted by Gasteiger charge is -2.07. The quantitative estimate of drug-likeness (QED) is 0.834. The Morgan fingerprint density at radius 2 is 1.48 bits per heavy atom. The van der Waals surface area contributed by atoms with Gasteiger partial charge in [0.2, 0.25) is 5.91 Å². The first kappa shape index (κ1) is 15.1. The van der Waals surface area contributed by atoms with E-state index in [4.69, 9.17) is 0 Å². The summed E-state index contributed by atoms with van der Waals surface area (Å²) in [5, 5.41) is 0. The van der Waals surface area contributed by atoms with E-state index in [-0.39, 0.29) is 11.8 Å². The van der Waals surface area contributed by atoms with Gasteiger partial charge in [0.05, 0.1) is 5.75 Å². The molecule has 2 aromatic carbocycles. The largest absolute Gasteiger partial charge is 0.272 e. The summed E-state index contributed by atoms with van der Waals surface area (Å²) in [7, 11) is 0. The Labute approximate surface area is 127 Å². The maximum atomic E-state index is 11.7. The molecule has 0 saturated heterocycles. The van der Waals surface area contributed by atoms with E-state index in [2.05, 4.69) is 10.9 Å². The molecule has 0 unspecified atom stereocenters. The van der Waals surface area contributed by atoms with Crippen molar-refractivity contribution in [2.24, 2.45) is 0 Å². The smallest absolute Gasteiger partial charge is 0.269 e. The van der Waals surface area contributed by atoms with Crippen LogP contribution in [0, 0.1) is 0 Å². The van der Waals surface area contributed by atoms with Crippen LogP contribution in [0.1, 0.15) is 15.9 Å². The normalized spacial score (nSPS) is 9.90. The Hall–Kier alpha value is -2.27. The van der Waals surface area contributed by atoms with Crippen molar-refractivity contribution in [2.45, 2.75) is 5.75 Å². The molecule has 0 spiro atoms. The second-order valence-corrected chi connectivity index (χ2v) is 5.33. The lowest BCUT2D eigenvalue weighted by atomic mass is 10.2. The van der Waals surface area contributed by atoms with Crippen molar-refractivity contribution < 1.29 is 9.59 Å². The average molecular weight is 300 g/mol. The molecule has 21 heavy (non-hydrogen) atoms. The predicted molar refractivity (Wildman–Crippen MR) is 84.7 cm³/mol. The van der Waals surface area contributed by atoms with E-state index in [1.807, 2.05) is 36.4 Å². The molecule has 0 aliphatic rings. The van der Waals surface area contributed by atoms with E-state index in [0.717, 1.165) is 5.75 Å². The summed E-state index contributed by atoms with van der Waals surface area (Å²) < 4.78 is 0. The fourth-order valence-corrected chi connectivity index (χ4v) is 2.45. The topological polar surface area (TPSA) is 58.2 Å². The maximum absolute atomic E-state index is 11.7. The van der Waals surface area contributed by atoms with Gasteiger partial charge in [0, 0.05) is 11.3 Å². The third-order valence-corrected chi connectivity index (χ3v) is 3.70. The number of hydrogen-bond acceptors (Lipinski definition) is 3. The highest BCUT2D eigenvalue weighted by Gasteiger charge is 2.06. The van der Waals surface area contributed by atoms with Crippen LogP contribution in [-0.2, 0) is 10.5 Å². The van der Waals surface area contributed by atoms with Gasteiger partial charge in [-0.1, -0.05) is 48.5 Å². The third-order valence-electron chi connectivity index (χ3n) is 2.70. The highest BCUT2D eigenvalue weighted by molar-refractivity contribution is 7.99. The summed E-state index contributed by atoms with van der Waals surface area (Å²) in [6, 6.07) is 18.7. The number of amides is 2. The van der Waals surface area contributed by atoms with Crippen LogP contribution < -0.4 is 10.9 Å². The highest BCUT2D eigenvalue weighted by atomic mass is 32.2. The van der Waals surface area contributed by atoms with Crippen LogP contribution in [0.25, 0.3) is 0 Å². The molecule has 108 valence electrons. The zero-order valence-corrected chi connectivity index (χ0v) is 12.2. The van der Waals surface area contributed by atoms with Gasteiger partial charge in [0.25, 0.3) is 5.91 Å². The van der Waals surface area contributed by atoms with Crippen molar-refractivity contribution in [3.8, 4) is 0 Å². The molecule has 0 aromatic heterocycles. The zero-order chi connectivity index (χ0) is 14.9. The molecule has 5 heteroatoms. The van der Waals surface area contributed by atoms with Crippen LogP contribution in [-0.4, -0.2) is 17.6 Å². The molecule has 2 N–H and O–H groups in total. The van der Waals surface area contributed by atoms with Gasteiger partial charge < -0.3 is 0 Å². The monoisotopic (exact) mass is 300 g/mol. The standard InChI is InChI=1S/C16H16N2O2S/c19-15(12-21-11-13-7-3-1-4-8-13)17-18-16(20)14-9-5-2-6-10-14/h1-10H,11-12H2,(H,17,19)(H,18,20). The number of benzene rings is 2. The number of hydrazine groups is 1. The first-order valence-electron chi connectivity index (χ1n) is 6.51. The van der Waals surface area contributed by atoms with E-state index in [9.17, 15) is 9.59 Å². The van der Waals surface area contributed by atoms with Gasteiger partial charge in [-0.3, -0.25) is 20.4 Å². The minimum Gasteiger partial charge on any atom is -0.272 e. The van der Waals surface area contributed by atoms with Gasteiger partial charge in [-0.2, -0.15) is 0 Å². The summed E-state index contributed by atoms with van der Waals surface area (Å²) in [5.41, 5.74) is 6.48. The lowest BCUT2D eigenvalue weighted by Crippen LogP contribution is -2.42. The Balaban J connectivity index is 1.67. The highest BCUT2D eigenvalue weighted by Crippen LogP contribution is 2.10. The van der Waals surface area contributed by atoms with Crippen molar-refractivity contribution >= 4 is 23.6 Å². The molecule has 0 atom stereocenters. The summed E-state index contributed by atoms with van der Waals surface area (Å²) >= 11 is 1.50. The molecule has 2 aromatic rings. The van der Waals surface area contributed by atoms with Gasteiger partial charge >= 0.3 is 0 Å². The Bertz CT molecular complexity index is 588. The molecule has 0 heterocycles. The fourth-order valence-electron chi connectivity index (χ4n) is 1.66. The third kappa shape index (κ3) is 5.31. The minimum atomic E-state index is -0.322. The number of hydrogen-bond donors (Lipinski definition) is 2. The number of thioether (sulfide) groups is 1. The molecule has 0 aliphatic carbocycles. The molecular formula is C16H16N2O2S.